The summed E-state index contributed by atoms with van der Waals surface area (Å²) in [7, 11) is -0.643. The highest BCUT2D eigenvalue weighted by Gasteiger charge is 2.53. The van der Waals surface area contributed by atoms with Gasteiger partial charge < -0.3 is 9.31 Å². The van der Waals surface area contributed by atoms with Crippen molar-refractivity contribution in [3.8, 4) is 12.3 Å². The Kier molecular flexibility index (Phi) is 3.52. The zero-order valence-electron chi connectivity index (χ0n) is 12.7. The summed E-state index contributed by atoms with van der Waals surface area (Å²) >= 11 is 4.54. The van der Waals surface area contributed by atoms with Gasteiger partial charge in [-0.05, 0) is 37.7 Å². The number of terminal acetylenes is 1. The summed E-state index contributed by atoms with van der Waals surface area (Å²) in [5, 5.41) is 1.50. The number of rotatable bonds is 1. The number of benzene rings is 2. The van der Waals surface area contributed by atoms with E-state index in [4.69, 9.17) is 15.7 Å². The second-order valence-corrected chi connectivity index (χ2v) is 6.93. The van der Waals surface area contributed by atoms with Crippen molar-refractivity contribution >= 4 is 36.0 Å². The number of halogens is 1. The molecule has 0 aromatic heterocycles. The predicted molar refractivity (Wildman–Crippen MR) is 90.9 cm³/mol. The van der Waals surface area contributed by atoms with Gasteiger partial charge in [-0.15, -0.1) is 19.1 Å². The molecule has 0 bridgehead atoms. The Balaban J connectivity index is 2.21. The van der Waals surface area contributed by atoms with Crippen LogP contribution in [-0.2, 0) is 9.31 Å². The van der Waals surface area contributed by atoms with Gasteiger partial charge in [0.2, 0.25) is 0 Å². The third kappa shape index (κ3) is 2.23. The highest BCUT2D eigenvalue weighted by molar-refractivity contribution is 7.81. The van der Waals surface area contributed by atoms with E-state index in [9.17, 15) is 4.39 Å². The molecule has 1 aliphatic rings. The number of fused-ring (bicyclic) bond motifs is 1. The van der Waals surface area contributed by atoms with Crippen LogP contribution in [0.2, 0.25) is 0 Å². The molecule has 5 heteroatoms. The zero-order valence-corrected chi connectivity index (χ0v) is 13.6. The maximum atomic E-state index is 14.1. The summed E-state index contributed by atoms with van der Waals surface area (Å²) in [5.74, 6) is 2.02. The molecule has 1 aliphatic heterocycles. The van der Waals surface area contributed by atoms with Crippen molar-refractivity contribution in [2.75, 3.05) is 0 Å². The first-order chi connectivity index (χ1) is 10.3. The molecule has 1 saturated heterocycles. The van der Waals surface area contributed by atoms with E-state index in [1.54, 1.807) is 6.07 Å². The van der Waals surface area contributed by atoms with E-state index in [1.165, 1.54) is 6.07 Å². The molecule has 0 N–H and O–H groups in total. The summed E-state index contributed by atoms with van der Waals surface area (Å²) in [4.78, 5) is -0.760. The van der Waals surface area contributed by atoms with Crippen LogP contribution in [0.5, 0.6) is 0 Å². The molecule has 2 aromatic carbocycles. The number of hydrogen-bond donors (Lipinski definition) is 1. The summed E-state index contributed by atoms with van der Waals surface area (Å²) in [6.07, 6.45) is 5.50. The maximum absolute atomic E-state index is 14.1. The van der Waals surface area contributed by atoms with Crippen LogP contribution < -0.4 is 5.46 Å². The molecule has 2 aromatic rings. The third-order valence-electron chi connectivity index (χ3n) is 4.28. The van der Waals surface area contributed by atoms with Crippen molar-refractivity contribution in [1.82, 2.24) is 0 Å². The lowest BCUT2D eigenvalue weighted by Gasteiger charge is -2.31. The van der Waals surface area contributed by atoms with Gasteiger partial charge >= 0.3 is 7.12 Å². The number of thiol groups is 1. The normalized spacial score (nSPS) is 23.7. The fourth-order valence-corrected chi connectivity index (χ4v) is 2.75. The molecule has 22 heavy (non-hydrogen) atoms. The Morgan fingerprint density at radius 1 is 1.18 bits per heavy atom. The lowest BCUT2D eigenvalue weighted by Crippen LogP contribution is -2.39. The predicted octanol–water partition coefficient (Wildman–Crippen LogP) is 3.13. The lowest BCUT2D eigenvalue weighted by atomic mass is 9.75. The molecule has 1 fully saturated rings. The SMILES string of the molecule is C#Cc1c(F)ccc2cccc(B3OC(C)(C)C(C)(S)O3)c12. The molecule has 0 aliphatic carbocycles. The van der Waals surface area contributed by atoms with Gasteiger partial charge in [0.25, 0.3) is 0 Å². The lowest BCUT2D eigenvalue weighted by molar-refractivity contribution is 0.0619. The minimum absolute atomic E-state index is 0.228. The zero-order chi connectivity index (χ0) is 16.1. The molecule has 1 heterocycles. The quantitative estimate of drug-likeness (QED) is 0.495. The van der Waals surface area contributed by atoms with Crippen molar-refractivity contribution in [3.63, 3.8) is 0 Å². The molecule has 3 rings (SSSR count). The van der Waals surface area contributed by atoms with E-state index < -0.39 is 23.5 Å². The first kappa shape index (κ1) is 15.4. The van der Waals surface area contributed by atoms with E-state index >= 15 is 0 Å². The minimum atomic E-state index is -0.760. The molecule has 0 spiro atoms. The average Bonchev–Trinajstić information content (AvgIpc) is 2.66. The molecular formula is C17H16BFO2S. The molecule has 1 unspecified atom stereocenters. The Labute approximate surface area is 135 Å². The molecule has 0 amide bonds. The minimum Gasteiger partial charge on any atom is -0.398 e. The van der Waals surface area contributed by atoms with Gasteiger partial charge in [-0.1, -0.05) is 30.2 Å². The third-order valence-corrected chi connectivity index (χ3v) is 4.92. The largest absolute Gasteiger partial charge is 0.496 e. The van der Waals surface area contributed by atoms with Gasteiger partial charge in [-0.25, -0.2) is 4.39 Å². The van der Waals surface area contributed by atoms with Gasteiger partial charge in [0.05, 0.1) is 11.2 Å². The highest BCUT2D eigenvalue weighted by atomic mass is 32.1. The summed E-state index contributed by atoms with van der Waals surface area (Å²) in [6.45, 7) is 5.67. The van der Waals surface area contributed by atoms with Crippen molar-refractivity contribution < 1.29 is 13.7 Å². The second kappa shape index (κ2) is 5.02. The fraction of sp³-hybridized carbons (Fsp3) is 0.294. The number of hydrogen-bond acceptors (Lipinski definition) is 3. The average molecular weight is 314 g/mol. The smallest absolute Gasteiger partial charge is 0.398 e. The van der Waals surface area contributed by atoms with Crippen LogP contribution in [0.3, 0.4) is 0 Å². The van der Waals surface area contributed by atoms with Crippen LogP contribution in [0.4, 0.5) is 4.39 Å². The Morgan fingerprint density at radius 2 is 1.91 bits per heavy atom. The van der Waals surface area contributed by atoms with Gasteiger partial charge in [0.1, 0.15) is 10.8 Å². The van der Waals surface area contributed by atoms with Crippen LogP contribution >= 0.6 is 12.6 Å². The Hall–Kier alpha value is -1.48. The van der Waals surface area contributed by atoms with Gasteiger partial charge in [-0.3, -0.25) is 0 Å². The standard InChI is InChI=1S/C17H16BFO2S/c1-5-12-14(19)10-9-11-7-6-8-13(15(11)12)18-20-16(2,3)17(4,22)21-18/h1,6-10,22H,2-4H3. The van der Waals surface area contributed by atoms with E-state index in [1.807, 2.05) is 39.0 Å². The summed E-state index contributed by atoms with van der Waals surface area (Å²) in [5.41, 5.74) is 0.355. The van der Waals surface area contributed by atoms with Crippen LogP contribution in [0, 0.1) is 18.2 Å². The second-order valence-electron chi connectivity index (χ2n) is 6.07. The molecule has 1 atom stereocenters. The Morgan fingerprint density at radius 3 is 2.50 bits per heavy atom. The molecule has 0 saturated carbocycles. The first-order valence-corrected chi connectivity index (χ1v) is 7.47. The van der Waals surface area contributed by atoms with Gasteiger partial charge in [-0.2, -0.15) is 0 Å². The molecule has 2 nitrogen and oxygen atoms in total. The van der Waals surface area contributed by atoms with Gasteiger partial charge in [0.15, 0.2) is 0 Å². The van der Waals surface area contributed by atoms with E-state index in [2.05, 4.69) is 18.5 Å². The maximum Gasteiger partial charge on any atom is 0.496 e. The van der Waals surface area contributed by atoms with E-state index in [0.717, 1.165) is 10.8 Å². The molecule has 0 radical (unpaired) electrons. The van der Waals surface area contributed by atoms with Crippen molar-refractivity contribution in [2.24, 2.45) is 0 Å². The van der Waals surface area contributed by atoms with Crippen LogP contribution in [0.1, 0.15) is 26.3 Å². The fourth-order valence-electron chi connectivity index (χ4n) is 2.60. The van der Waals surface area contributed by atoms with Crippen LogP contribution in [-0.4, -0.2) is 17.7 Å². The summed E-state index contributed by atoms with van der Waals surface area (Å²) < 4.78 is 26.0. The monoisotopic (exact) mass is 314 g/mol. The van der Waals surface area contributed by atoms with Crippen LogP contribution in [0.15, 0.2) is 30.3 Å². The van der Waals surface area contributed by atoms with E-state index in [-0.39, 0.29) is 5.56 Å². The Bertz CT molecular complexity index is 779. The van der Waals surface area contributed by atoms with E-state index in [0.29, 0.717) is 5.39 Å². The summed E-state index contributed by atoms with van der Waals surface area (Å²) in [6, 6.07) is 8.70. The topological polar surface area (TPSA) is 18.5 Å². The van der Waals surface area contributed by atoms with Crippen molar-refractivity contribution in [3.05, 3.63) is 41.7 Å². The first-order valence-electron chi connectivity index (χ1n) is 7.02. The highest BCUT2D eigenvalue weighted by Crippen LogP contribution is 2.40. The van der Waals surface area contributed by atoms with Gasteiger partial charge in [0, 0.05) is 5.39 Å². The van der Waals surface area contributed by atoms with Crippen molar-refractivity contribution in [1.29, 1.82) is 0 Å². The molecular weight excluding hydrogens is 298 g/mol. The van der Waals surface area contributed by atoms with Crippen LogP contribution in [0.25, 0.3) is 10.8 Å². The van der Waals surface area contributed by atoms with Crippen molar-refractivity contribution in [2.45, 2.75) is 31.3 Å². The molecule has 112 valence electrons.